The Kier molecular flexibility index (Phi) is 55.8. The van der Waals surface area contributed by atoms with Crippen molar-refractivity contribution in [1.82, 2.24) is 0 Å². The van der Waals surface area contributed by atoms with E-state index < -0.39 is 36.4 Å². The van der Waals surface area contributed by atoms with Crippen molar-refractivity contribution in [2.75, 3.05) is 0 Å². The molecule has 112 valence electrons. The Morgan fingerprint density at radius 1 is 0.700 bits per heavy atom. The number of carboxylic acids is 3. The summed E-state index contributed by atoms with van der Waals surface area (Å²) in [6, 6.07) is 0. The van der Waals surface area contributed by atoms with Crippen molar-refractivity contribution in [3.05, 3.63) is 0 Å². The van der Waals surface area contributed by atoms with Crippen LogP contribution in [0.2, 0.25) is 0 Å². The van der Waals surface area contributed by atoms with Crippen LogP contribution in [-0.2, 0) is 14.4 Å². The molecule has 20 heavy (non-hydrogen) atoms. The Hall–Kier alpha value is 1.21. The first kappa shape index (κ1) is 49.6. The molecule has 0 aliphatic heterocycles. The zero-order valence-corrected chi connectivity index (χ0v) is 8.43. The molecule has 0 aromatic heterocycles. The van der Waals surface area contributed by atoms with E-state index in [0.29, 0.717) is 0 Å². The second kappa shape index (κ2) is 22.5. The number of hydrogen-bond donors (Lipinski definition) is 4. The molecule has 0 radical (unpaired) electrons. The van der Waals surface area contributed by atoms with Crippen molar-refractivity contribution in [3.8, 4) is 0 Å². The summed E-state index contributed by atoms with van der Waals surface area (Å²) in [5.74, 6) is -5.02. The summed E-state index contributed by atoms with van der Waals surface area (Å²) < 4.78 is 0. The first-order valence-electron chi connectivity index (χ1n) is 3.17. The summed E-state index contributed by atoms with van der Waals surface area (Å²) in [7, 11) is 0. The molecule has 0 rings (SSSR count). The van der Waals surface area contributed by atoms with Crippen LogP contribution in [0.5, 0.6) is 0 Å². The summed E-state index contributed by atoms with van der Waals surface area (Å²) in [6.45, 7) is 0. The maximum atomic E-state index is 10.3. The van der Waals surface area contributed by atoms with Gasteiger partial charge in [0.1, 0.15) is 0 Å². The average molecular weight is 336 g/mol. The monoisotopic (exact) mass is 336 g/mol. The summed E-state index contributed by atoms with van der Waals surface area (Å²) in [5.41, 5.74) is -2.74. The van der Waals surface area contributed by atoms with Gasteiger partial charge in [0.2, 0.25) is 0 Å². The molecule has 0 aromatic rings. The second-order valence-electron chi connectivity index (χ2n) is 2.48. The minimum atomic E-state index is -2.74. The van der Waals surface area contributed by atoms with E-state index in [0.717, 1.165) is 0 Å². The van der Waals surface area contributed by atoms with Crippen LogP contribution in [0, 0.1) is 0 Å². The summed E-state index contributed by atoms with van der Waals surface area (Å²) in [6.07, 6.45) is -2.29. The van der Waals surface area contributed by atoms with Crippen molar-refractivity contribution >= 4 is 107 Å². The number of aliphatic hydroxyl groups is 1. The maximum absolute atomic E-state index is 10.3. The zero-order chi connectivity index (χ0) is 10.6. The molecule has 0 aromatic carbocycles. The van der Waals surface area contributed by atoms with Gasteiger partial charge in [-0.25, -0.2) is 4.79 Å². The van der Waals surface area contributed by atoms with Crippen LogP contribution in [0.3, 0.4) is 0 Å². The summed E-state index contributed by atoms with van der Waals surface area (Å²) in [5, 5.41) is 33.8. The molecule has 0 atom stereocenters. The zero-order valence-electron chi connectivity index (χ0n) is 8.43. The Morgan fingerprint density at radius 2 is 0.900 bits per heavy atom. The van der Waals surface area contributed by atoms with Crippen molar-refractivity contribution < 1.29 is 56.7 Å². The molecule has 0 heterocycles. The normalized spacial score (nSPS) is 7.05. The van der Waals surface area contributed by atoms with Gasteiger partial charge in [-0.2, -0.15) is 0 Å². The van der Waals surface area contributed by atoms with Gasteiger partial charge in [-0.3, -0.25) is 9.59 Å². The Morgan fingerprint density at radius 3 is 1.00 bits per heavy atom. The third-order valence-corrected chi connectivity index (χ3v) is 1.29. The van der Waals surface area contributed by atoms with E-state index in [1.165, 1.54) is 0 Å². The number of aliphatic carboxylic acids is 3. The van der Waals surface area contributed by atoms with Crippen LogP contribution in [-0.4, -0.2) is 155 Å². The predicted octanol–water partition coefficient (Wildman–Crippen LogP) is -6.49. The second-order valence-corrected chi connectivity index (χ2v) is 2.48. The Bertz CT molecular complexity index is 243. The molecule has 0 fully saturated rings. The fourth-order valence-electron chi connectivity index (χ4n) is 0.714. The van der Waals surface area contributed by atoms with E-state index in [1.54, 1.807) is 0 Å². The minimum absolute atomic E-state index is 0. The first-order chi connectivity index (χ1) is 5.78. The summed E-state index contributed by atoms with van der Waals surface area (Å²) in [4.78, 5) is 30.5. The van der Waals surface area contributed by atoms with Crippen LogP contribution in [0.15, 0.2) is 0 Å². The van der Waals surface area contributed by atoms with Crippen LogP contribution in [0.1, 0.15) is 12.8 Å². The quantitative estimate of drug-likeness (QED) is 0.352. The van der Waals surface area contributed by atoms with Gasteiger partial charge in [-0.05, 0) is 0 Å². The number of carboxylic acid groups (broad SMARTS) is 3. The van der Waals surface area contributed by atoms with E-state index in [2.05, 4.69) is 0 Å². The van der Waals surface area contributed by atoms with E-state index >= 15 is 0 Å². The number of carbonyl (C=O) groups is 3. The molecule has 0 spiro atoms. The van der Waals surface area contributed by atoms with Gasteiger partial charge in [0.25, 0.3) is 0 Å². The predicted molar refractivity (Wildman–Crippen MR) is 73.0 cm³/mol. The molecule has 11 nitrogen and oxygen atoms in total. The van der Waals surface area contributed by atoms with Gasteiger partial charge in [-0.1, -0.05) is 0 Å². The molecular formula is C6H19Na3O11. The van der Waals surface area contributed by atoms with Crippen LogP contribution < -0.4 is 0 Å². The van der Waals surface area contributed by atoms with Gasteiger partial charge in [0.05, 0.1) is 12.8 Å². The van der Waals surface area contributed by atoms with Crippen LogP contribution in [0.4, 0.5) is 0 Å². The molecule has 12 N–H and O–H groups in total. The Balaban J connectivity index is -0.0000000343. The number of rotatable bonds is 5. The molecule has 0 unspecified atom stereocenters. The fourth-order valence-corrected chi connectivity index (χ4v) is 0.714. The average Bonchev–Trinajstić information content (AvgIpc) is 1.82. The van der Waals surface area contributed by atoms with Crippen molar-refractivity contribution in [2.24, 2.45) is 0 Å². The van der Waals surface area contributed by atoms with E-state index in [9.17, 15) is 14.4 Å². The summed E-state index contributed by atoms with van der Waals surface area (Å²) >= 11 is 0. The molecule has 0 bridgehead atoms. The van der Waals surface area contributed by atoms with Gasteiger partial charge in [-0.15, -0.1) is 0 Å². The molecule has 0 amide bonds. The topological polar surface area (TPSA) is 258 Å². The molecule has 0 saturated heterocycles. The molecule has 14 heteroatoms. The van der Waals surface area contributed by atoms with Crippen molar-refractivity contribution in [2.45, 2.75) is 18.4 Å². The third-order valence-electron chi connectivity index (χ3n) is 1.29. The van der Waals surface area contributed by atoms with E-state index in [-0.39, 0.29) is 111 Å². The van der Waals surface area contributed by atoms with E-state index in [4.69, 9.17) is 20.4 Å². The molecule has 0 saturated carbocycles. The van der Waals surface area contributed by atoms with Gasteiger partial charge in [0.15, 0.2) is 5.60 Å². The fraction of sp³-hybridized carbons (Fsp3) is 0.500. The van der Waals surface area contributed by atoms with Gasteiger partial charge in [0, 0.05) is 0 Å². The van der Waals surface area contributed by atoms with Crippen molar-refractivity contribution in [3.63, 3.8) is 0 Å². The van der Waals surface area contributed by atoms with Gasteiger partial charge >= 0.3 is 107 Å². The van der Waals surface area contributed by atoms with Crippen LogP contribution >= 0.6 is 0 Å². The van der Waals surface area contributed by atoms with Crippen LogP contribution in [0.25, 0.3) is 0 Å². The molecule has 0 aliphatic rings. The Labute approximate surface area is 179 Å². The molecular weight excluding hydrogens is 317 g/mol. The van der Waals surface area contributed by atoms with E-state index in [1.807, 2.05) is 0 Å². The number of hydrogen-bond acceptors (Lipinski definition) is 4. The standard InChI is InChI=1S/C6H8O7.3Na.4H2O.3H/c7-3(8)1-6(13,5(11)12)2-4(9)10;;;;;;;;;;/h13H,1-2H2,(H,7,8)(H,9,10)(H,11,12);;;;4*1H2;;;. The molecule has 0 aliphatic carbocycles. The van der Waals surface area contributed by atoms with Gasteiger partial charge < -0.3 is 42.3 Å². The van der Waals surface area contributed by atoms with Crippen molar-refractivity contribution in [1.29, 1.82) is 0 Å². The third kappa shape index (κ3) is 21.5. The first-order valence-corrected chi connectivity index (χ1v) is 3.17. The SMILES string of the molecule is O.O.O.O.O=C(O)CC(O)(CC(=O)O)C(=O)O.[NaH].[NaH].[NaH].